The van der Waals surface area contributed by atoms with Gasteiger partial charge in [0.05, 0.1) is 11.5 Å². The predicted octanol–water partition coefficient (Wildman–Crippen LogP) is 10.1. The second kappa shape index (κ2) is 9.96. The Morgan fingerprint density at radius 2 is 1.55 bits per heavy atom. The molecule has 0 spiro atoms. The van der Waals surface area contributed by atoms with Crippen LogP contribution >= 0.6 is 0 Å². The Hall–Kier alpha value is -0.613. The third-order valence-corrected chi connectivity index (χ3v) is 20.3. The maximum Gasteiger partial charge on any atom is 0.310 e. The maximum absolute atomic E-state index is 13.0. The van der Waals surface area contributed by atoms with Gasteiger partial charge >= 0.3 is 5.97 Å². The number of hydrogen-bond donors (Lipinski definition) is 1. The Morgan fingerprint density at radius 3 is 2.15 bits per heavy atom. The van der Waals surface area contributed by atoms with E-state index in [2.05, 4.69) is 75.3 Å². The van der Waals surface area contributed by atoms with Crippen LogP contribution in [0.2, 0.25) is 18.1 Å². The van der Waals surface area contributed by atoms with Crippen LogP contribution in [0.1, 0.15) is 127 Å². The van der Waals surface area contributed by atoms with Crippen molar-refractivity contribution in [2.45, 2.75) is 151 Å². The van der Waals surface area contributed by atoms with E-state index in [9.17, 15) is 9.90 Å². The Kier molecular flexibility index (Phi) is 7.68. The van der Waals surface area contributed by atoms with E-state index in [1.807, 2.05) is 0 Å². The zero-order chi connectivity index (χ0) is 29.5. The Bertz CT molecular complexity index is 1020. The number of carboxylic acids is 1. The number of aliphatic carboxylic acids is 1. The average molecular weight is 571 g/mol. The molecule has 10 atom stereocenters. The predicted molar refractivity (Wildman–Crippen MR) is 169 cm³/mol. The number of carboxylic acid groups (broad SMARTS) is 1. The molecule has 3 nitrogen and oxygen atoms in total. The van der Waals surface area contributed by atoms with Crippen LogP contribution in [0, 0.1) is 56.7 Å². The number of carbonyl (C=O) groups is 1. The van der Waals surface area contributed by atoms with E-state index >= 15 is 0 Å². The summed E-state index contributed by atoms with van der Waals surface area (Å²) in [5.41, 5.74) is 1.84. The molecule has 0 bridgehead atoms. The van der Waals surface area contributed by atoms with Crippen molar-refractivity contribution in [3.05, 3.63) is 11.6 Å². The molecule has 0 aromatic rings. The number of allylic oxidation sites excluding steroid dienone is 2. The van der Waals surface area contributed by atoms with E-state index in [4.69, 9.17) is 4.43 Å². The third-order valence-electron chi connectivity index (χ3n) is 15.7. The lowest BCUT2D eigenvalue weighted by atomic mass is 9.33. The first-order valence-electron chi connectivity index (χ1n) is 17.2. The lowest BCUT2D eigenvalue weighted by Crippen LogP contribution is -2.66. The smallest absolute Gasteiger partial charge is 0.310 e. The molecule has 0 amide bonds. The SMILES string of the molecule is CC[Si](CC)(CC)O[C@H]1CC[C@@]2(C)C(CC[C@]3(C)[C@@H]2CC=C2[C@@H]4[C@@H](C)[C@H](C)CC[C@]4(C(=O)O)CC[C@]23C)C1(C)C. The Balaban J connectivity index is 1.51. The minimum absolute atomic E-state index is 0.102. The van der Waals surface area contributed by atoms with Crippen LogP contribution in [0.4, 0.5) is 0 Å². The normalized spacial score (nSPS) is 48.2. The highest BCUT2D eigenvalue weighted by Crippen LogP contribution is 2.76. The summed E-state index contributed by atoms with van der Waals surface area (Å²) in [6.45, 7) is 24.9. The molecule has 4 heteroatoms. The van der Waals surface area contributed by atoms with Crippen molar-refractivity contribution in [3.63, 3.8) is 0 Å². The highest BCUT2D eigenvalue weighted by atomic mass is 28.4. The molecule has 0 aliphatic heterocycles. The zero-order valence-corrected chi connectivity index (χ0v) is 28.8. The van der Waals surface area contributed by atoms with Crippen LogP contribution in [-0.4, -0.2) is 25.5 Å². The van der Waals surface area contributed by atoms with Crippen molar-refractivity contribution in [1.29, 1.82) is 0 Å². The molecule has 1 unspecified atom stereocenters. The van der Waals surface area contributed by atoms with Crippen LogP contribution < -0.4 is 0 Å². The van der Waals surface area contributed by atoms with Gasteiger partial charge in [-0.05, 0) is 127 Å². The van der Waals surface area contributed by atoms with Gasteiger partial charge in [0.15, 0.2) is 8.32 Å². The molecule has 4 fully saturated rings. The largest absolute Gasteiger partial charge is 0.481 e. The van der Waals surface area contributed by atoms with Gasteiger partial charge in [-0.15, -0.1) is 0 Å². The van der Waals surface area contributed by atoms with Gasteiger partial charge in [0.25, 0.3) is 0 Å². The van der Waals surface area contributed by atoms with Gasteiger partial charge in [-0.1, -0.05) is 80.9 Å². The minimum Gasteiger partial charge on any atom is -0.481 e. The van der Waals surface area contributed by atoms with Crippen LogP contribution in [0.5, 0.6) is 0 Å². The highest BCUT2D eigenvalue weighted by Gasteiger charge is 2.69. The summed E-state index contributed by atoms with van der Waals surface area (Å²) in [6.07, 6.45) is 13.0. The summed E-state index contributed by atoms with van der Waals surface area (Å²) in [5.74, 6) is 2.06. The van der Waals surface area contributed by atoms with Crippen LogP contribution in [0.15, 0.2) is 11.6 Å². The Labute approximate surface area is 247 Å². The van der Waals surface area contributed by atoms with Crippen molar-refractivity contribution < 1.29 is 14.3 Å². The van der Waals surface area contributed by atoms with Crippen molar-refractivity contribution in [3.8, 4) is 0 Å². The molecule has 5 aliphatic carbocycles. The second-order valence-corrected chi connectivity index (χ2v) is 21.5. The van der Waals surface area contributed by atoms with Crippen molar-refractivity contribution in [2.24, 2.45) is 56.7 Å². The van der Waals surface area contributed by atoms with Gasteiger partial charge < -0.3 is 9.53 Å². The first-order chi connectivity index (χ1) is 18.6. The average Bonchev–Trinajstić information content (AvgIpc) is 2.91. The lowest BCUT2D eigenvalue weighted by molar-refractivity contribution is -0.204. The lowest BCUT2D eigenvalue weighted by Gasteiger charge is -2.71. The molecule has 0 aromatic carbocycles. The Morgan fingerprint density at radius 1 is 0.900 bits per heavy atom. The summed E-state index contributed by atoms with van der Waals surface area (Å²) in [4.78, 5) is 13.0. The van der Waals surface area contributed by atoms with E-state index in [1.165, 1.54) is 43.8 Å². The highest BCUT2D eigenvalue weighted by molar-refractivity contribution is 6.73. The topological polar surface area (TPSA) is 46.5 Å². The van der Waals surface area contributed by atoms with E-state index in [-0.39, 0.29) is 22.2 Å². The first kappa shape index (κ1) is 30.8. The molecule has 228 valence electrons. The molecule has 0 radical (unpaired) electrons. The van der Waals surface area contributed by atoms with Gasteiger partial charge in [-0.2, -0.15) is 0 Å². The van der Waals surface area contributed by atoms with Gasteiger partial charge in [0.2, 0.25) is 0 Å². The molecular formula is C36H62O3Si. The standard InChI is InChI=1S/C36H62O3Si/c1-11-40(12-2,13-3)39-29-18-19-33(8)27(32(29,6)7)17-20-35(10)28(33)15-14-26-30-25(5)24(4)16-21-36(30,31(37)38)23-22-34(26,35)9/h14,24-25,27-30H,11-13,15-23H2,1-10H3,(H,37,38)/t24-,25+,27?,28-,29+,30+,33+,34-,35-,36+/m1/s1. The summed E-state index contributed by atoms with van der Waals surface area (Å²) >= 11 is 0. The van der Waals surface area contributed by atoms with Crippen LogP contribution in [-0.2, 0) is 9.22 Å². The number of fused-ring (bicyclic) bond motifs is 7. The molecule has 0 saturated heterocycles. The quantitative estimate of drug-likeness (QED) is 0.255. The molecule has 1 N–H and O–H groups in total. The van der Waals surface area contributed by atoms with Crippen molar-refractivity contribution in [2.75, 3.05) is 0 Å². The first-order valence-corrected chi connectivity index (χ1v) is 19.8. The van der Waals surface area contributed by atoms with Crippen LogP contribution in [0.25, 0.3) is 0 Å². The molecule has 5 aliphatic rings. The molecular weight excluding hydrogens is 508 g/mol. The molecule has 0 heterocycles. The monoisotopic (exact) mass is 570 g/mol. The summed E-state index contributed by atoms with van der Waals surface area (Å²) < 4.78 is 7.29. The molecule has 0 aromatic heterocycles. The summed E-state index contributed by atoms with van der Waals surface area (Å²) in [7, 11) is -1.66. The summed E-state index contributed by atoms with van der Waals surface area (Å²) in [6, 6.07) is 3.70. The van der Waals surface area contributed by atoms with Gasteiger partial charge in [-0.25, -0.2) is 0 Å². The van der Waals surface area contributed by atoms with E-state index in [0.717, 1.165) is 32.1 Å². The molecule has 4 saturated carbocycles. The molecule has 40 heavy (non-hydrogen) atoms. The van der Waals surface area contributed by atoms with Gasteiger partial charge in [-0.3, -0.25) is 4.79 Å². The third kappa shape index (κ3) is 3.92. The fraction of sp³-hybridized carbons (Fsp3) is 0.917. The maximum atomic E-state index is 13.0. The second-order valence-electron chi connectivity index (χ2n) is 16.8. The zero-order valence-electron chi connectivity index (χ0n) is 27.8. The van der Waals surface area contributed by atoms with Gasteiger partial charge in [0.1, 0.15) is 0 Å². The number of hydrogen-bond acceptors (Lipinski definition) is 2. The van der Waals surface area contributed by atoms with Crippen molar-refractivity contribution >= 4 is 14.3 Å². The fourth-order valence-corrected chi connectivity index (χ4v) is 15.4. The minimum atomic E-state index is -1.66. The van der Waals surface area contributed by atoms with E-state index in [1.54, 1.807) is 5.57 Å². The number of rotatable bonds is 6. The van der Waals surface area contributed by atoms with E-state index < -0.39 is 19.7 Å². The van der Waals surface area contributed by atoms with Crippen LogP contribution in [0.3, 0.4) is 0 Å². The van der Waals surface area contributed by atoms with Crippen molar-refractivity contribution in [1.82, 2.24) is 0 Å². The fourth-order valence-electron chi connectivity index (χ4n) is 12.3. The molecule has 5 rings (SSSR count). The van der Waals surface area contributed by atoms with E-state index in [0.29, 0.717) is 35.2 Å². The summed E-state index contributed by atoms with van der Waals surface area (Å²) in [5, 5.41) is 10.7. The van der Waals surface area contributed by atoms with Gasteiger partial charge in [0, 0.05) is 0 Å².